The number of carbonyl (C=O) groups excluding carboxylic acids is 3. The van der Waals surface area contributed by atoms with E-state index in [1.54, 1.807) is 18.2 Å². The minimum absolute atomic E-state index is 0.00866. The highest BCUT2D eigenvalue weighted by Gasteiger charge is 2.35. The minimum Gasteiger partial charge on any atom is -0.405 e. The van der Waals surface area contributed by atoms with Gasteiger partial charge in [-0.05, 0) is 31.5 Å². The number of para-hydroxylation sites is 1. The minimum atomic E-state index is -4.83. The van der Waals surface area contributed by atoms with Gasteiger partial charge in [-0.2, -0.15) is 0 Å². The number of aryl methyl sites for hydroxylation is 1. The van der Waals surface area contributed by atoms with Crippen LogP contribution >= 0.6 is 0 Å². The molecule has 0 saturated heterocycles. The smallest absolute Gasteiger partial charge is 0.405 e. The maximum atomic E-state index is 12.4. The van der Waals surface area contributed by atoms with Crippen LogP contribution in [0.3, 0.4) is 0 Å². The Bertz CT molecular complexity index is 988. The van der Waals surface area contributed by atoms with Gasteiger partial charge in [0.05, 0.1) is 11.1 Å². The molecule has 1 heterocycles. The number of imide groups is 1. The van der Waals surface area contributed by atoms with Gasteiger partial charge in [0.25, 0.3) is 11.8 Å². The Morgan fingerprint density at radius 1 is 1.07 bits per heavy atom. The molecular weight excluding hydrogens is 401 g/mol. The predicted octanol–water partition coefficient (Wildman–Crippen LogP) is 3.59. The van der Waals surface area contributed by atoms with Gasteiger partial charge in [-0.25, -0.2) is 0 Å². The number of halogens is 3. The van der Waals surface area contributed by atoms with E-state index in [1.807, 2.05) is 6.92 Å². The molecule has 9 heteroatoms. The van der Waals surface area contributed by atoms with Crippen molar-refractivity contribution in [3.63, 3.8) is 0 Å². The lowest BCUT2D eigenvalue weighted by Crippen LogP contribution is -2.32. The first-order valence-corrected chi connectivity index (χ1v) is 9.23. The molecule has 30 heavy (non-hydrogen) atoms. The summed E-state index contributed by atoms with van der Waals surface area (Å²) in [4.78, 5) is 37.9. The molecule has 6 nitrogen and oxygen atoms in total. The van der Waals surface area contributed by atoms with E-state index in [2.05, 4.69) is 10.1 Å². The zero-order valence-corrected chi connectivity index (χ0v) is 16.1. The van der Waals surface area contributed by atoms with Crippen molar-refractivity contribution in [2.75, 3.05) is 6.54 Å². The van der Waals surface area contributed by atoms with E-state index in [0.29, 0.717) is 11.1 Å². The number of hydrogen-bond donors (Lipinski definition) is 1. The summed E-state index contributed by atoms with van der Waals surface area (Å²) in [5.41, 5.74) is 1.74. The van der Waals surface area contributed by atoms with Crippen LogP contribution in [0.25, 0.3) is 0 Å². The van der Waals surface area contributed by atoms with Gasteiger partial charge in [-0.15, -0.1) is 13.2 Å². The number of hydrogen-bond acceptors (Lipinski definition) is 4. The van der Waals surface area contributed by atoms with Gasteiger partial charge in [0, 0.05) is 25.1 Å². The molecule has 0 fully saturated rings. The second-order valence-electron chi connectivity index (χ2n) is 6.85. The van der Waals surface area contributed by atoms with Crippen LogP contribution in [-0.4, -0.2) is 35.5 Å². The van der Waals surface area contributed by atoms with Crippen LogP contribution in [0.5, 0.6) is 5.75 Å². The monoisotopic (exact) mass is 420 g/mol. The van der Waals surface area contributed by atoms with Crippen LogP contribution in [0.4, 0.5) is 13.2 Å². The standard InChI is InChI=1S/C21H19F3N2O4/c1-13-8-9-15-16(11-13)20(29)26(19(15)28)10-4-7-18(27)25-12-14-5-2-3-6-17(14)30-21(22,23)24/h2-3,5-6,8-9,11H,4,7,10,12H2,1H3,(H,25,27). The second kappa shape index (κ2) is 8.56. The molecule has 158 valence electrons. The van der Waals surface area contributed by atoms with Crippen molar-refractivity contribution in [2.24, 2.45) is 0 Å². The Morgan fingerprint density at radius 2 is 1.77 bits per heavy atom. The summed E-state index contributed by atoms with van der Waals surface area (Å²) in [6.45, 7) is 1.76. The van der Waals surface area contributed by atoms with Crippen molar-refractivity contribution >= 4 is 17.7 Å². The molecule has 1 aliphatic rings. The fourth-order valence-corrected chi connectivity index (χ4v) is 3.16. The average Bonchev–Trinajstić information content (AvgIpc) is 2.90. The zero-order chi connectivity index (χ0) is 21.9. The molecule has 3 rings (SSSR count). The lowest BCUT2D eigenvalue weighted by molar-refractivity contribution is -0.274. The Kier molecular flexibility index (Phi) is 6.09. The molecule has 0 saturated carbocycles. The highest BCUT2D eigenvalue weighted by atomic mass is 19.4. The number of benzene rings is 2. The maximum absolute atomic E-state index is 12.4. The van der Waals surface area contributed by atoms with Gasteiger partial charge in [-0.1, -0.05) is 29.8 Å². The van der Waals surface area contributed by atoms with Gasteiger partial charge in [-0.3, -0.25) is 19.3 Å². The molecule has 0 radical (unpaired) electrons. The highest BCUT2D eigenvalue weighted by Crippen LogP contribution is 2.26. The van der Waals surface area contributed by atoms with Crippen LogP contribution < -0.4 is 10.1 Å². The molecule has 0 aliphatic carbocycles. The average molecular weight is 420 g/mol. The molecule has 0 spiro atoms. The summed E-state index contributed by atoms with van der Waals surface area (Å²) < 4.78 is 41.3. The van der Waals surface area contributed by atoms with Gasteiger partial charge < -0.3 is 10.1 Å². The Hall–Kier alpha value is -3.36. The predicted molar refractivity (Wildman–Crippen MR) is 101 cm³/mol. The highest BCUT2D eigenvalue weighted by molar-refractivity contribution is 6.21. The van der Waals surface area contributed by atoms with Crippen molar-refractivity contribution in [1.29, 1.82) is 0 Å². The Labute approximate surface area is 170 Å². The Morgan fingerprint density at radius 3 is 2.50 bits per heavy atom. The molecule has 0 bridgehead atoms. The van der Waals surface area contributed by atoms with E-state index >= 15 is 0 Å². The lowest BCUT2D eigenvalue weighted by Gasteiger charge is -2.15. The van der Waals surface area contributed by atoms with Crippen molar-refractivity contribution in [3.8, 4) is 5.75 Å². The second-order valence-corrected chi connectivity index (χ2v) is 6.85. The van der Waals surface area contributed by atoms with Crippen molar-refractivity contribution in [2.45, 2.75) is 32.7 Å². The van der Waals surface area contributed by atoms with E-state index in [0.717, 1.165) is 10.5 Å². The van der Waals surface area contributed by atoms with E-state index in [9.17, 15) is 27.6 Å². The summed E-state index contributed by atoms with van der Waals surface area (Å²) in [6, 6.07) is 10.5. The molecule has 0 aromatic heterocycles. The number of nitrogens with one attached hydrogen (secondary N) is 1. The number of nitrogens with zero attached hydrogens (tertiary/aromatic N) is 1. The van der Waals surface area contributed by atoms with Crippen LogP contribution in [0.2, 0.25) is 0 Å². The normalized spacial score (nSPS) is 13.4. The molecule has 1 N–H and O–H groups in total. The lowest BCUT2D eigenvalue weighted by atomic mass is 10.1. The molecule has 0 unspecified atom stereocenters. The van der Waals surface area contributed by atoms with Crippen molar-refractivity contribution in [3.05, 3.63) is 64.7 Å². The molecule has 0 atom stereocenters. The van der Waals surface area contributed by atoms with Gasteiger partial charge in [0.2, 0.25) is 5.91 Å². The van der Waals surface area contributed by atoms with E-state index in [4.69, 9.17) is 0 Å². The third-order valence-electron chi connectivity index (χ3n) is 4.59. The van der Waals surface area contributed by atoms with Crippen molar-refractivity contribution in [1.82, 2.24) is 10.2 Å². The van der Waals surface area contributed by atoms with Crippen LogP contribution in [0.1, 0.15) is 44.7 Å². The van der Waals surface area contributed by atoms with E-state index in [-0.39, 0.29) is 37.2 Å². The molecular formula is C21H19F3N2O4. The summed E-state index contributed by atoms with van der Waals surface area (Å²) in [5, 5.41) is 2.52. The number of ether oxygens (including phenoxy) is 1. The molecule has 2 aromatic carbocycles. The molecule has 3 amide bonds. The quantitative estimate of drug-likeness (QED) is 0.695. The fourth-order valence-electron chi connectivity index (χ4n) is 3.16. The summed E-state index contributed by atoms with van der Waals surface area (Å²) in [5.74, 6) is -1.58. The molecule has 1 aliphatic heterocycles. The van der Waals surface area contributed by atoms with Crippen LogP contribution in [0, 0.1) is 6.92 Å². The van der Waals surface area contributed by atoms with Crippen LogP contribution in [-0.2, 0) is 11.3 Å². The third kappa shape index (κ3) is 4.97. The fraction of sp³-hybridized carbons (Fsp3) is 0.286. The van der Waals surface area contributed by atoms with Gasteiger partial charge >= 0.3 is 6.36 Å². The molecule has 2 aromatic rings. The van der Waals surface area contributed by atoms with E-state index < -0.39 is 24.1 Å². The first kappa shape index (κ1) is 21.4. The summed E-state index contributed by atoms with van der Waals surface area (Å²) >= 11 is 0. The largest absolute Gasteiger partial charge is 0.573 e. The first-order valence-electron chi connectivity index (χ1n) is 9.23. The van der Waals surface area contributed by atoms with Gasteiger partial charge in [0.15, 0.2) is 0 Å². The van der Waals surface area contributed by atoms with Gasteiger partial charge in [0.1, 0.15) is 5.75 Å². The number of alkyl halides is 3. The maximum Gasteiger partial charge on any atom is 0.573 e. The van der Waals surface area contributed by atoms with E-state index in [1.165, 1.54) is 24.3 Å². The number of rotatable bonds is 7. The zero-order valence-electron chi connectivity index (χ0n) is 16.1. The topological polar surface area (TPSA) is 75.7 Å². The SMILES string of the molecule is Cc1ccc2c(c1)C(=O)N(CCCC(=O)NCc1ccccc1OC(F)(F)F)C2=O. The number of amides is 3. The number of carbonyl (C=O) groups is 3. The third-order valence-corrected chi connectivity index (χ3v) is 4.59. The van der Waals surface area contributed by atoms with Crippen LogP contribution in [0.15, 0.2) is 42.5 Å². The van der Waals surface area contributed by atoms with Crippen molar-refractivity contribution < 1.29 is 32.3 Å². The number of fused-ring (bicyclic) bond motifs is 1. The first-order chi connectivity index (χ1) is 14.2. The Balaban J connectivity index is 1.50. The summed E-state index contributed by atoms with van der Waals surface area (Å²) in [6.07, 6.45) is -4.59. The summed E-state index contributed by atoms with van der Waals surface area (Å²) in [7, 11) is 0.